The maximum Gasteiger partial charge on any atom is 0.311 e. The summed E-state index contributed by atoms with van der Waals surface area (Å²) >= 11 is 0. The molecule has 0 aromatic carbocycles. The van der Waals surface area contributed by atoms with Crippen LogP contribution in [0.2, 0.25) is 0 Å². The maximum atomic E-state index is 11.2. The fourth-order valence-corrected chi connectivity index (χ4v) is 1.96. The largest absolute Gasteiger partial charge is 0.469 e. The number of carbonyl (C=O) groups is 1. The molecule has 1 aliphatic carbocycles. The van der Waals surface area contributed by atoms with Gasteiger partial charge in [-0.05, 0) is 25.7 Å². The molecule has 1 fully saturated rings. The Morgan fingerprint density at radius 2 is 2.42 bits per heavy atom. The predicted molar refractivity (Wildman–Crippen MR) is 44.6 cm³/mol. The van der Waals surface area contributed by atoms with Crippen LogP contribution < -0.4 is 0 Å². The molecule has 1 N–H and O–H groups in total. The van der Waals surface area contributed by atoms with Crippen molar-refractivity contribution in [2.24, 2.45) is 5.92 Å². The molecule has 1 rings (SSSR count). The standard InChI is InChI=1S/C9H16O3/c1-3-9(11)6-4-5-7(9)8(10)12-2/h7,11H,3-6H2,1-2H3/t7?,9-/m0/s1. The topological polar surface area (TPSA) is 46.5 Å². The summed E-state index contributed by atoms with van der Waals surface area (Å²) in [6.07, 6.45) is 3.04. The first-order valence-corrected chi connectivity index (χ1v) is 4.44. The molecule has 1 unspecified atom stereocenters. The zero-order valence-electron chi connectivity index (χ0n) is 7.67. The van der Waals surface area contributed by atoms with Crippen LogP contribution in [0.4, 0.5) is 0 Å². The van der Waals surface area contributed by atoms with E-state index >= 15 is 0 Å². The minimum atomic E-state index is -0.799. The van der Waals surface area contributed by atoms with Crippen molar-refractivity contribution < 1.29 is 14.6 Å². The fraction of sp³-hybridized carbons (Fsp3) is 0.889. The van der Waals surface area contributed by atoms with Gasteiger partial charge in [-0.2, -0.15) is 0 Å². The highest BCUT2D eigenvalue weighted by Crippen LogP contribution is 2.38. The molecule has 0 radical (unpaired) electrons. The van der Waals surface area contributed by atoms with Crippen LogP contribution in [0.3, 0.4) is 0 Å². The van der Waals surface area contributed by atoms with Gasteiger partial charge < -0.3 is 9.84 Å². The van der Waals surface area contributed by atoms with Crippen molar-refractivity contribution in [1.29, 1.82) is 0 Å². The molecule has 12 heavy (non-hydrogen) atoms. The van der Waals surface area contributed by atoms with Gasteiger partial charge in [0.15, 0.2) is 0 Å². The molecule has 1 saturated carbocycles. The van der Waals surface area contributed by atoms with Gasteiger partial charge in [-0.1, -0.05) is 6.92 Å². The minimum Gasteiger partial charge on any atom is -0.469 e. The zero-order valence-corrected chi connectivity index (χ0v) is 7.67. The molecule has 0 saturated heterocycles. The van der Waals surface area contributed by atoms with Gasteiger partial charge in [-0.15, -0.1) is 0 Å². The van der Waals surface area contributed by atoms with Crippen molar-refractivity contribution in [2.45, 2.75) is 38.2 Å². The first-order chi connectivity index (χ1) is 5.64. The summed E-state index contributed by atoms with van der Waals surface area (Å²) in [5.74, 6) is -0.565. The molecule has 2 atom stereocenters. The molecule has 0 amide bonds. The third-order valence-electron chi connectivity index (χ3n) is 2.85. The van der Waals surface area contributed by atoms with Gasteiger partial charge in [-0.25, -0.2) is 0 Å². The van der Waals surface area contributed by atoms with Crippen LogP contribution >= 0.6 is 0 Å². The van der Waals surface area contributed by atoms with Crippen LogP contribution in [0.15, 0.2) is 0 Å². The van der Waals surface area contributed by atoms with E-state index in [-0.39, 0.29) is 11.9 Å². The Balaban J connectivity index is 2.69. The van der Waals surface area contributed by atoms with Crippen molar-refractivity contribution in [3.05, 3.63) is 0 Å². The van der Waals surface area contributed by atoms with Crippen molar-refractivity contribution in [3.8, 4) is 0 Å². The van der Waals surface area contributed by atoms with Gasteiger partial charge >= 0.3 is 5.97 Å². The normalized spacial score (nSPS) is 35.1. The molecule has 3 heteroatoms. The molecule has 1 aliphatic rings. The van der Waals surface area contributed by atoms with Gasteiger partial charge in [0.05, 0.1) is 18.6 Å². The van der Waals surface area contributed by atoms with E-state index in [1.54, 1.807) is 0 Å². The third kappa shape index (κ3) is 1.46. The summed E-state index contributed by atoms with van der Waals surface area (Å²) in [6, 6.07) is 0. The Bertz CT molecular complexity index is 179. The number of aliphatic hydroxyl groups is 1. The molecular weight excluding hydrogens is 156 g/mol. The molecule has 0 bridgehead atoms. The lowest BCUT2D eigenvalue weighted by molar-refractivity contribution is -0.153. The minimum absolute atomic E-state index is 0.267. The Morgan fingerprint density at radius 1 is 1.75 bits per heavy atom. The molecule has 0 heterocycles. The smallest absolute Gasteiger partial charge is 0.311 e. The van der Waals surface area contributed by atoms with Gasteiger partial charge in [-0.3, -0.25) is 4.79 Å². The Hall–Kier alpha value is -0.570. The van der Waals surface area contributed by atoms with E-state index in [9.17, 15) is 9.90 Å². The number of carbonyl (C=O) groups excluding carboxylic acids is 1. The Kier molecular flexibility index (Phi) is 2.73. The first-order valence-electron chi connectivity index (χ1n) is 4.44. The second-order valence-electron chi connectivity index (χ2n) is 3.43. The number of rotatable bonds is 2. The van der Waals surface area contributed by atoms with Crippen LogP contribution in [0, 0.1) is 5.92 Å². The van der Waals surface area contributed by atoms with Gasteiger partial charge in [0, 0.05) is 0 Å². The number of hydrogen-bond donors (Lipinski definition) is 1. The SMILES string of the molecule is CC[C@]1(O)CCCC1C(=O)OC. The van der Waals surface area contributed by atoms with Crippen molar-refractivity contribution in [1.82, 2.24) is 0 Å². The molecule has 0 aromatic rings. The van der Waals surface area contributed by atoms with Crippen molar-refractivity contribution in [3.63, 3.8) is 0 Å². The summed E-state index contributed by atoms with van der Waals surface area (Å²) < 4.78 is 4.63. The molecule has 0 spiro atoms. The summed E-state index contributed by atoms with van der Waals surface area (Å²) in [7, 11) is 1.37. The third-order valence-corrected chi connectivity index (χ3v) is 2.85. The first kappa shape index (κ1) is 9.52. The van der Waals surface area contributed by atoms with E-state index in [1.807, 2.05) is 6.92 Å². The van der Waals surface area contributed by atoms with E-state index < -0.39 is 5.60 Å². The molecular formula is C9H16O3. The second kappa shape index (κ2) is 3.44. The lowest BCUT2D eigenvalue weighted by atomic mass is 9.88. The predicted octanol–water partition coefficient (Wildman–Crippen LogP) is 1.10. The van der Waals surface area contributed by atoms with E-state index in [4.69, 9.17) is 0 Å². The number of methoxy groups -OCH3 is 1. The average Bonchev–Trinajstić information content (AvgIpc) is 2.47. The van der Waals surface area contributed by atoms with Crippen LogP contribution in [-0.2, 0) is 9.53 Å². The van der Waals surface area contributed by atoms with E-state index in [0.717, 1.165) is 19.3 Å². The number of esters is 1. The molecule has 0 aromatic heterocycles. The highest BCUT2D eigenvalue weighted by atomic mass is 16.5. The molecule has 3 nitrogen and oxygen atoms in total. The number of hydrogen-bond acceptors (Lipinski definition) is 3. The average molecular weight is 172 g/mol. The van der Waals surface area contributed by atoms with Gasteiger partial charge in [0.1, 0.15) is 0 Å². The molecule has 0 aliphatic heterocycles. The summed E-state index contributed by atoms with van der Waals surface area (Å²) in [6.45, 7) is 1.90. The van der Waals surface area contributed by atoms with Crippen LogP contribution in [0.25, 0.3) is 0 Å². The summed E-state index contributed by atoms with van der Waals surface area (Å²) in [5.41, 5.74) is -0.799. The lowest BCUT2D eigenvalue weighted by Crippen LogP contribution is -2.37. The maximum absolute atomic E-state index is 11.2. The highest BCUT2D eigenvalue weighted by Gasteiger charge is 2.44. The summed E-state index contributed by atoms with van der Waals surface area (Å²) in [4.78, 5) is 11.2. The Morgan fingerprint density at radius 3 is 2.92 bits per heavy atom. The van der Waals surface area contributed by atoms with E-state index in [1.165, 1.54) is 7.11 Å². The van der Waals surface area contributed by atoms with Crippen LogP contribution in [0.1, 0.15) is 32.6 Å². The van der Waals surface area contributed by atoms with E-state index in [2.05, 4.69) is 4.74 Å². The monoisotopic (exact) mass is 172 g/mol. The van der Waals surface area contributed by atoms with Gasteiger partial charge in [0.2, 0.25) is 0 Å². The summed E-state index contributed by atoms with van der Waals surface area (Å²) in [5, 5.41) is 9.96. The molecule has 70 valence electrons. The highest BCUT2D eigenvalue weighted by molar-refractivity contribution is 5.74. The number of ether oxygens (including phenoxy) is 1. The lowest BCUT2D eigenvalue weighted by Gasteiger charge is -2.26. The van der Waals surface area contributed by atoms with Gasteiger partial charge in [0.25, 0.3) is 0 Å². The van der Waals surface area contributed by atoms with Crippen molar-refractivity contribution >= 4 is 5.97 Å². The fourth-order valence-electron chi connectivity index (χ4n) is 1.96. The zero-order chi connectivity index (χ0) is 9.19. The quantitative estimate of drug-likeness (QED) is 0.634. The van der Waals surface area contributed by atoms with Crippen LogP contribution in [0.5, 0.6) is 0 Å². The Labute approximate surface area is 72.7 Å². The van der Waals surface area contributed by atoms with Crippen LogP contribution in [-0.4, -0.2) is 23.8 Å². The van der Waals surface area contributed by atoms with Crippen molar-refractivity contribution in [2.75, 3.05) is 7.11 Å². The second-order valence-corrected chi connectivity index (χ2v) is 3.43. The van der Waals surface area contributed by atoms with E-state index in [0.29, 0.717) is 6.42 Å².